The van der Waals surface area contributed by atoms with E-state index in [9.17, 15) is 4.39 Å². The van der Waals surface area contributed by atoms with E-state index in [2.05, 4.69) is 25.8 Å². The van der Waals surface area contributed by atoms with Crippen LogP contribution in [0.25, 0.3) is 10.9 Å². The SMILES string of the molecule is F[C@H]1CN2CCC[C@@]2(COc2cc(Cl)c3ccc(Br)cc3n2)C1. The molecule has 0 spiro atoms. The summed E-state index contributed by atoms with van der Waals surface area (Å²) in [6.45, 7) is 1.96. The number of rotatable bonds is 3. The van der Waals surface area contributed by atoms with Gasteiger partial charge in [0, 0.05) is 28.9 Å². The molecule has 2 aliphatic rings. The lowest BCUT2D eigenvalue weighted by molar-refractivity contribution is 0.111. The minimum Gasteiger partial charge on any atom is -0.476 e. The molecule has 0 bridgehead atoms. The van der Waals surface area contributed by atoms with Crippen LogP contribution >= 0.6 is 27.5 Å². The molecule has 2 aromatic rings. The van der Waals surface area contributed by atoms with E-state index in [1.807, 2.05) is 18.2 Å². The zero-order valence-corrected chi connectivity index (χ0v) is 14.9. The molecule has 122 valence electrons. The Morgan fingerprint density at radius 2 is 2.30 bits per heavy atom. The van der Waals surface area contributed by atoms with Crippen molar-refractivity contribution in [1.29, 1.82) is 0 Å². The van der Waals surface area contributed by atoms with Gasteiger partial charge in [-0.2, -0.15) is 0 Å². The number of pyridine rings is 1. The number of hydrogen-bond acceptors (Lipinski definition) is 3. The normalized spacial score (nSPS) is 27.5. The molecule has 0 saturated carbocycles. The molecular formula is C17H17BrClFN2O. The molecule has 2 saturated heterocycles. The topological polar surface area (TPSA) is 25.4 Å². The molecule has 6 heteroatoms. The van der Waals surface area contributed by atoms with E-state index in [1.165, 1.54) is 0 Å². The highest BCUT2D eigenvalue weighted by atomic mass is 79.9. The smallest absolute Gasteiger partial charge is 0.215 e. The van der Waals surface area contributed by atoms with Gasteiger partial charge in [-0.25, -0.2) is 9.37 Å². The van der Waals surface area contributed by atoms with Gasteiger partial charge in [0.25, 0.3) is 0 Å². The highest BCUT2D eigenvalue weighted by Gasteiger charge is 2.49. The van der Waals surface area contributed by atoms with E-state index in [1.54, 1.807) is 6.07 Å². The molecule has 2 atom stereocenters. The maximum Gasteiger partial charge on any atom is 0.215 e. The third kappa shape index (κ3) is 2.83. The van der Waals surface area contributed by atoms with Gasteiger partial charge in [0.05, 0.1) is 16.1 Å². The largest absolute Gasteiger partial charge is 0.476 e. The monoisotopic (exact) mass is 398 g/mol. The van der Waals surface area contributed by atoms with E-state index in [0.717, 1.165) is 34.8 Å². The molecule has 2 aliphatic heterocycles. The Morgan fingerprint density at radius 1 is 1.43 bits per heavy atom. The summed E-state index contributed by atoms with van der Waals surface area (Å²) < 4.78 is 20.7. The van der Waals surface area contributed by atoms with Crippen LogP contribution in [0.3, 0.4) is 0 Å². The van der Waals surface area contributed by atoms with Crippen molar-refractivity contribution in [2.24, 2.45) is 0 Å². The Hall–Kier alpha value is -0.910. The van der Waals surface area contributed by atoms with E-state index in [0.29, 0.717) is 30.5 Å². The van der Waals surface area contributed by atoms with Crippen LogP contribution in [0.15, 0.2) is 28.7 Å². The number of benzene rings is 1. The fraction of sp³-hybridized carbons (Fsp3) is 0.471. The molecular weight excluding hydrogens is 383 g/mol. The third-order valence-electron chi connectivity index (χ3n) is 4.95. The molecule has 4 rings (SSSR count). The predicted octanol–water partition coefficient (Wildman–Crippen LogP) is 4.61. The van der Waals surface area contributed by atoms with E-state index >= 15 is 0 Å². The maximum absolute atomic E-state index is 13.8. The van der Waals surface area contributed by atoms with Crippen molar-refractivity contribution in [3.05, 3.63) is 33.8 Å². The Balaban J connectivity index is 1.58. The number of nitrogens with zero attached hydrogens (tertiary/aromatic N) is 2. The van der Waals surface area contributed by atoms with Gasteiger partial charge < -0.3 is 4.74 Å². The lowest BCUT2D eigenvalue weighted by atomic mass is 9.95. The highest BCUT2D eigenvalue weighted by molar-refractivity contribution is 9.10. The maximum atomic E-state index is 13.8. The van der Waals surface area contributed by atoms with E-state index in [-0.39, 0.29) is 5.54 Å². The molecule has 3 nitrogen and oxygen atoms in total. The highest BCUT2D eigenvalue weighted by Crippen LogP contribution is 2.40. The average molecular weight is 400 g/mol. The minimum absolute atomic E-state index is 0.167. The second-order valence-corrected chi connectivity index (χ2v) is 7.79. The van der Waals surface area contributed by atoms with Crippen molar-refractivity contribution in [3.63, 3.8) is 0 Å². The molecule has 0 amide bonds. The Kier molecular flexibility index (Phi) is 3.98. The van der Waals surface area contributed by atoms with Crippen LogP contribution in [0, 0.1) is 0 Å². The number of aromatic nitrogens is 1. The zero-order chi connectivity index (χ0) is 16.0. The average Bonchev–Trinajstić information content (AvgIpc) is 3.00. The summed E-state index contributed by atoms with van der Waals surface area (Å²) in [5, 5.41) is 1.51. The van der Waals surface area contributed by atoms with Crippen LogP contribution in [-0.4, -0.2) is 41.3 Å². The summed E-state index contributed by atoms with van der Waals surface area (Å²) in [4.78, 5) is 6.77. The van der Waals surface area contributed by atoms with E-state index < -0.39 is 6.17 Å². The molecule has 3 heterocycles. The lowest BCUT2D eigenvalue weighted by Gasteiger charge is -2.31. The van der Waals surface area contributed by atoms with Crippen molar-refractivity contribution < 1.29 is 9.13 Å². The van der Waals surface area contributed by atoms with E-state index in [4.69, 9.17) is 16.3 Å². The van der Waals surface area contributed by atoms with Crippen molar-refractivity contribution in [3.8, 4) is 5.88 Å². The minimum atomic E-state index is -0.747. The molecule has 0 N–H and O–H groups in total. The fourth-order valence-corrected chi connectivity index (χ4v) is 4.47. The molecule has 0 unspecified atom stereocenters. The Morgan fingerprint density at radius 3 is 3.17 bits per heavy atom. The molecule has 0 radical (unpaired) electrons. The Labute approximate surface area is 147 Å². The molecule has 23 heavy (non-hydrogen) atoms. The van der Waals surface area contributed by atoms with Crippen molar-refractivity contribution in [2.75, 3.05) is 19.7 Å². The molecule has 1 aromatic heterocycles. The number of halogens is 3. The third-order valence-corrected chi connectivity index (χ3v) is 5.75. The summed E-state index contributed by atoms with van der Waals surface area (Å²) in [6, 6.07) is 7.53. The van der Waals surface area contributed by atoms with Gasteiger partial charge in [0.15, 0.2) is 0 Å². The molecule has 0 aliphatic carbocycles. The quantitative estimate of drug-likeness (QED) is 0.754. The lowest BCUT2D eigenvalue weighted by Crippen LogP contribution is -2.43. The van der Waals surface area contributed by atoms with Gasteiger partial charge in [0.2, 0.25) is 5.88 Å². The van der Waals surface area contributed by atoms with Crippen LogP contribution in [-0.2, 0) is 0 Å². The van der Waals surface area contributed by atoms with Crippen LogP contribution in [0.1, 0.15) is 19.3 Å². The number of fused-ring (bicyclic) bond motifs is 2. The zero-order valence-electron chi connectivity index (χ0n) is 12.6. The number of hydrogen-bond donors (Lipinski definition) is 0. The number of alkyl halides is 1. The molecule has 2 fully saturated rings. The standard InChI is InChI=1S/C17H17BrClFN2O/c18-11-2-3-13-14(19)7-16(21-15(13)6-11)23-10-17-4-1-5-22(17)9-12(20)8-17/h2-3,6-7,12H,1,4-5,8-10H2/t12-,17+/m1/s1. The first kappa shape index (κ1) is 15.6. The van der Waals surface area contributed by atoms with Crippen molar-refractivity contribution in [2.45, 2.75) is 31.0 Å². The van der Waals surface area contributed by atoms with Crippen LogP contribution in [0.4, 0.5) is 4.39 Å². The summed E-state index contributed by atoms with van der Waals surface area (Å²) in [5.74, 6) is 0.504. The van der Waals surface area contributed by atoms with Gasteiger partial charge in [-0.05, 0) is 31.5 Å². The van der Waals surface area contributed by atoms with Gasteiger partial charge in [0.1, 0.15) is 12.8 Å². The summed E-state index contributed by atoms with van der Waals surface area (Å²) in [5.41, 5.74) is 0.622. The Bertz CT molecular complexity index is 759. The first-order chi connectivity index (χ1) is 11.1. The van der Waals surface area contributed by atoms with Gasteiger partial charge >= 0.3 is 0 Å². The second-order valence-electron chi connectivity index (χ2n) is 6.47. The first-order valence-electron chi connectivity index (χ1n) is 7.83. The van der Waals surface area contributed by atoms with Crippen molar-refractivity contribution >= 4 is 38.4 Å². The van der Waals surface area contributed by atoms with Crippen LogP contribution in [0.5, 0.6) is 5.88 Å². The summed E-state index contributed by atoms with van der Waals surface area (Å²) in [6.07, 6.45) is 1.90. The fourth-order valence-electron chi connectivity index (χ4n) is 3.87. The second kappa shape index (κ2) is 5.87. The van der Waals surface area contributed by atoms with Gasteiger partial charge in [-0.3, -0.25) is 4.90 Å². The summed E-state index contributed by atoms with van der Waals surface area (Å²) in [7, 11) is 0. The molecule has 1 aromatic carbocycles. The van der Waals surface area contributed by atoms with Gasteiger partial charge in [-0.15, -0.1) is 0 Å². The summed E-state index contributed by atoms with van der Waals surface area (Å²) >= 11 is 9.78. The van der Waals surface area contributed by atoms with Crippen molar-refractivity contribution in [1.82, 2.24) is 9.88 Å². The predicted molar refractivity (Wildman–Crippen MR) is 93.0 cm³/mol. The van der Waals surface area contributed by atoms with Crippen LogP contribution < -0.4 is 4.74 Å². The first-order valence-corrected chi connectivity index (χ1v) is 9.01. The van der Waals surface area contributed by atoms with Crippen LogP contribution in [0.2, 0.25) is 5.02 Å². The number of ether oxygens (including phenoxy) is 1. The van der Waals surface area contributed by atoms with Gasteiger partial charge in [-0.1, -0.05) is 33.6 Å².